The molecule has 35 heavy (non-hydrogen) atoms. The van der Waals surface area contributed by atoms with E-state index in [1.54, 1.807) is 4.57 Å². The van der Waals surface area contributed by atoms with Crippen LogP contribution in [-0.4, -0.2) is 31.9 Å². The van der Waals surface area contributed by atoms with Crippen LogP contribution >= 0.6 is 22.6 Å². The Morgan fingerprint density at radius 2 is 1.74 bits per heavy atom. The normalized spacial score (nSPS) is 14.8. The summed E-state index contributed by atoms with van der Waals surface area (Å²) >= 11 is 2.26. The van der Waals surface area contributed by atoms with E-state index in [0.717, 1.165) is 49.5 Å². The molecular weight excluding hydrogens is 551 g/mol. The molecule has 1 aliphatic rings. The molecule has 0 aliphatic carbocycles. The first-order valence-electron chi connectivity index (χ1n) is 11.4. The number of benzene rings is 3. The summed E-state index contributed by atoms with van der Waals surface area (Å²) in [5, 5.41) is 11.9. The molecule has 1 atom stereocenters. The van der Waals surface area contributed by atoms with Gasteiger partial charge < -0.3 is 0 Å². The minimum atomic E-state index is -0.380. The molecule has 2 aromatic heterocycles. The Labute approximate surface area is 216 Å². The third kappa shape index (κ3) is 4.18. The fourth-order valence-corrected chi connectivity index (χ4v) is 5.05. The van der Waals surface area contributed by atoms with Gasteiger partial charge in [-0.05, 0) is 23.3 Å². The molecule has 7 nitrogen and oxygen atoms in total. The predicted octanol–water partition coefficient (Wildman–Crippen LogP) is 4.44. The monoisotopic (exact) mass is 573 g/mol. The number of nitrogens with one attached hydrogen (secondary N) is 1. The van der Waals surface area contributed by atoms with Crippen LogP contribution in [0.15, 0.2) is 85.1 Å². The van der Waals surface area contributed by atoms with Crippen molar-refractivity contribution in [2.45, 2.75) is 23.4 Å². The van der Waals surface area contributed by atoms with E-state index in [-0.39, 0.29) is 11.9 Å². The van der Waals surface area contributed by atoms with Gasteiger partial charge in [0, 0.05) is 18.4 Å². The van der Waals surface area contributed by atoms with Crippen molar-refractivity contribution in [1.82, 2.24) is 20.0 Å². The number of carbonyl (C=O) groups excluding carboxylic acids is 1. The number of nitrogens with zero attached hydrogens (tertiary/aromatic N) is 5. The molecule has 3 aromatic carbocycles. The highest BCUT2D eigenvalue weighted by Crippen LogP contribution is 2.25. The second kappa shape index (κ2) is 9.18. The zero-order valence-electron chi connectivity index (χ0n) is 18.8. The van der Waals surface area contributed by atoms with Crippen LogP contribution in [-0.2, 0) is 17.4 Å². The summed E-state index contributed by atoms with van der Waals surface area (Å²) in [6.07, 6.45) is 3.04. The average Bonchev–Trinajstić information content (AvgIpc) is 3.45. The van der Waals surface area contributed by atoms with Crippen LogP contribution < -0.4 is 9.88 Å². The average molecular weight is 573 g/mol. The molecule has 0 saturated carbocycles. The molecule has 0 bridgehead atoms. The summed E-state index contributed by atoms with van der Waals surface area (Å²) in [7, 11) is 0. The van der Waals surface area contributed by atoms with Crippen LogP contribution in [0.1, 0.15) is 21.6 Å². The van der Waals surface area contributed by atoms with E-state index in [9.17, 15) is 4.79 Å². The molecule has 0 radical (unpaired) electrons. The lowest BCUT2D eigenvalue weighted by molar-refractivity contribution is -0.552. The van der Waals surface area contributed by atoms with Crippen LogP contribution in [0, 0.1) is 0 Å². The molecule has 0 saturated heterocycles. The third-order valence-corrected chi connectivity index (χ3v) is 6.93. The van der Waals surface area contributed by atoms with E-state index in [2.05, 4.69) is 56.4 Å². The summed E-state index contributed by atoms with van der Waals surface area (Å²) in [4.78, 5) is 18.5. The Hall–Kier alpha value is -3.66. The van der Waals surface area contributed by atoms with Gasteiger partial charge in [-0.1, -0.05) is 94.5 Å². The summed E-state index contributed by atoms with van der Waals surface area (Å²) in [5.41, 5.74) is 6.65. The zero-order valence-corrected chi connectivity index (χ0v) is 21.0. The van der Waals surface area contributed by atoms with Crippen LogP contribution in [0.5, 0.6) is 0 Å². The zero-order chi connectivity index (χ0) is 23.8. The van der Waals surface area contributed by atoms with Crippen molar-refractivity contribution >= 4 is 45.3 Å². The summed E-state index contributed by atoms with van der Waals surface area (Å²) in [6, 6.07) is 25.9. The third-order valence-electron chi connectivity index (χ3n) is 6.28. The maximum atomic E-state index is 13.5. The van der Waals surface area contributed by atoms with Crippen LogP contribution in [0.3, 0.4) is 0 Å². The topological polar surface area (TPSA) is 76.6 Å². The van der Waals surface area contributed by atoms with E-state index in [1.807, 2.05) is 71.5 Å². The van der Waals surface area contributed by atoms with Gasteiger partial charge in [-0.25, -0.2) is 14.5 Å². The molecule has 0 amide bonds. The van der Waals surface area contributed by atoms with Gasteiger partial charge >= 0.3 is 11.7 Å². The fourth-order valence-electron chi connectivity index (χ4n) is 4.54. The van der Waals surface area contributed by atoms with Gasteiger partial charge in [0.2, 0.25) is 0 Å². The fraction of sp³-hybridized carbons (Fsp3) is 0.148. The first-order chi connectivity index (χ1) is 17.2. The van der Waals surface area contributed by atoms with Crippen molar-refractivity contribution in [3.8, 4) is 11.3 Å². The highest BCUT2D eigenvalue weighted by molar-refractivity contribution is 14.1. The van der Waals surface area contributed by atoms with Gasteiger partial charge in [0.25, 0.3) is 0 Å². The van der Waals surface area contributed by atoms with E-state index in [4.69, 9.17) is 4.98 Å². The number of hydrogen-bond donors (Lipinski definition) is 1. The summed E-state index contributed by atoms with van der Waals surface area (Å²) in [6.45, 7) is 0. The van der Waals surface area contributed by atoms with Gasteiger partial charge in [0.15, 0.2) is 6.04 Å². The maximum absolute atomic E-state index is 13.5. The molecule has 1 N–H and O–H groups in total. The van der Waals surface area contributed by atoms with E-state index < -0.39 is 0 Å². The number of rotatable bonds is 6. The molecule has 1 unspecified atom stereocenters. The summed E-state index contributed by atoms with van der Waals surface area (Å²) in [5.74, 6) is 0.783. The smallest absolute Gasteiger partial charge is 0.258 e. The van der Waals surface area contributed by atoms with E-state index in [1.165, 1.54) is 0 Å². The number of fused-ring (bicyclic) bond motifs is 2. The molecule has 8 heteroatoms. The molecule has 5 aromatic rings. The first-order valence-corrected chi connectivity index (χ1v) is 13.0. The molecule has 6 rings (SSSR count). The Morgan fingerprint density at radius 1 is 0.971 bits per heavy atom. The Bertz CT molecular complexity index is 1530. The molecule has 172 valence electrons. The van der Waals surface area contributed by atoms with Crippen molar-refractivity contribution in [1.29, 1.82) is 0 Å². The lowest BCUT2D eigenvalue weighted by Crippen LogP contribution is -2.44. The lowest BCUT2D eigenvalue weighted by atomic mass is 10.1. The number of carbonyl (C=O) groups is 1. The van der Waals surface area contributed by atoms with Crippen molar-refractivity contribution in [3.63, 3.8) is 0 Å². The highest BCUT2D eigenvalue weighted by atomic mass is 127. The quantitative estimate of drug-likeness (QED) is 0.185. The van der Waals surface area contributed by atoms with Gasteiger partial charge in [0.05, 0.1) is 10.1 Å². The van der Waals surface area contributed by atoms with E-state index in [0.29, 0.717) is 12.8 Å². The van der Waals surface area contributed by atoms with Crippen molar-refractivity contribution in [2.75, 3.05) is 5.32 Å². The van der Waals surface area contributed by atoms with Crippen molar-refractivity contribution in [2.24, 2.45) is 0 Å². The first kappa shape index (κ1) is 21.8. The second-order valence-electron chi connectivity index (χ2n) is 8.59. The summed E-state index contributed by atoms with van der Waals surface area (Å²) < 4.78 is 4.34. The standard InChI is InChI=1S/C27H21IN6O/c28-17-34-25-12-11-19(14-21(25)31-32-34)15-23-27(35)33-16-24(20-9-5-2-6-10-20)29-22(26(33)30-23)13-18-7-3-1-4-8-18/h1-12,14,16,23H,13,15,17H2/p+1. The molecule has 1 aliphatic heterocycles. The van der Waals surface area contributed by atoms with Crippen LogP contribution in [0.2, 0.25) is 0 Å². The molecule has 0 fully saturated rings. The molecular formula is C27H22IN6O+. The van der Waals surface area contributed by atoms with Gasteiger partial charge in [0.1, 0.15) is 23.1 Å². The maximum Gasteiger partial charge on any atom is 0.359 e. The van der Waals surface area contributed by atoms with Crippen LogP contribution in [0.4, 0.5) is 5.82 Å². The lowest BCUT2D eigenvalue weighted by Gasteiger charge is -2.07. The molecule has 0 spiro atoms. The van der Waals surface area contributed by atoms with Gasteiger partial charge in [-0.3, -0.25) is 5.32 Å². The highest BCUT2D eigenvalue weighted by Gasteiger charge is 2.41. The van der Waals surface area contributed by atoms with E-state index >= 15 is 0 Å². The number of aromatic nitrogens is 5. The number of halogens is 1. The van der Waals surface area contributed by atoms with Gasteiger partial charge in [-0.15, -0.1) is 5.10 Å². The Morgan fingerprint density at radius 3 is 2.51 bits per heavy atom. The number of anilines is 1. The Balaban J connectivity index is 1.35. The predicted molar refractivity (Wildman–Crippen MR) is 142 cm³/mol. The SMILES string of the molecule is O=C1C(Cc2ccc3c(c2)nnn3CI)Nc2c(Cc3ccccc3)nc(-c3ccccc3)c[n+]21. The van der Waals surface area contributed by atoms with Gasteiger partial charge in [-0.2, -0.15) is 4.57 Å². The minimum absolute atomic E-state index is 0.0184. The number of alkyl halides is 1. The number of hydrogen-bond acceptors (Lipinski definition) is 5. The van der Waals surface area contributed by atoms with Crippen molar-refractivity contribution in [3.05, 3.63) is 102 Å². The van der Waals surface area contributed by atoms with Crippen molar-refractivity contribution < 1.29 is 9.36 Å². The minimum Gasteiger partial charge on any atom is -0.258 e. The largest absolute Gasteiger partial charge is 0.359 e. The van der Waals surface area contributed by atoms with Crippen LogP contribution in [0.25, 0.3) is 22.3 Å². The molecule has 3 heterocycles. The Kier molecular flexibility index (Phi) is 5.73. The second-order valence-corrected chi connectivity index (χ2v) is 9.27.